The highest BCUT2D eigenvalue weighted by Crippen LogP contribution is 2.21. The van der Waals surface area contributed by atoms with Gasteiger partial charge in [0.05, 0.1) is 24.0 Å². The van der Waals surface area contributed by atoms with Crippen molar-refractivity contribution >= 4 is 28.4 Å². The average Bonchev–Trinajstić information content (AvgIpc) is 3.26. The highest BCUT2D eigenvalue weighted by atomic mass is 16.3. The molecule has 2 aromatic heterocycles. The van der Waals surface area contributed by atoms with E-state index in [1.807, 2.05) is 24.3 Å². The van der Waals surface area contributed by atoms with E-state index in [9.17, 15) is 9.59 Å². The van der Waals surface area contributed by atoms with Gasteiger partial charge < -0.3 is 15.1 Å². The number of fused-ring (bicyclic) bond motifs is 1. The number of para-hydroxylation sites is 1. The van der Waals surface area contributed by atoms with Gasteiger partial charge in [-0.05, 0) is 42.5 Å². The molecule has 4 aromatic rings. The van der Waals surface area contributed by atoms with Gasteiger partial charge in [0.15, 0.2) is 0 Å². The molecule has 2 N–H and O–H groups in total. The van der Waals surface area contributed by atoms with Crippen LogP contribution in [0.15, 0.2) is 83.6 Å². The predicted molar refractivity (Wildman–Crippen MR) is 106 cm³/mol. The van der Waals surface area contributed by atoms with Crippen LogP contribution in [0.5, 0.6) is 0 Å². The standard InChI is InChI=1S/C22H17N3O3/c26-21(24-14-18-9-4-12-28-18)16-6-1-7-17(13-16)22(27)25-19-10-2-5-15-8-3-11-23-20(15)19/h1-13H,14H2,(H,24,26)(H,25,27). The molecule has 0 radical (unpaired) electrons. The second-order valence-corrected chi connectivity index (χ2v) is 6.18. The molecule has 6 heteroatoms. The van der Waals surface area contributed by atoms with Gasteiger partial charge >= 0.3 is 0 Å². The van der Waals surface area contributed by atoms with Gasteiger partial charge in [-0.3, -0.25) is 14.6 Å². The molecule has 0 atom stereocenters. The van der Waals surface area contributed by atoms with Gasteiger partial charge in [0.25, 0.3) is 11.8 Å². The Morgan fingerprint density at radius 3 is 2.50 bits per heavy atom. The topological polar surface area (TPSA) is 84.2 Å². The SMILES string of the molecule is O=C(NCc1ccco1)c1cccc(C(=O)Nc2cccc3cccnc23)c1. The van der Waals surface area contributed by atoms with E-state index in [1.165, 1.54) is 0 Å². The smallest absolute Gasteiger partial charge is 0.255 e. The molecule has 28 heavy (non-hydrogen) atoms. The first-order valence-corrected chi connectivity index (χ1v) is 8.76. The quantitative estimate of drug-likeness (QED) is 0.555. The van der Waals surface area contributed by atoms with Crippen molar-refractivity contribution < 1.29 is 14.0 Å². The lowest BCUT2D eigenvalue weighted by molar-refractivity contribution is 0.0948. The zero-order chi connectivity index (χ0) is 19.3. The fraction of sp³-hybridized carbons (Fsp3) is 0.0455. The molecular formula is C22H17N3O3. The third kappa shape index (κ3) is 3.76. The van der Waals surface area contributed by atoms with Crippen molar-refractivity contribution in [2.75, 3.05) is 5.32 Å². The van der Waals surface area contributed by atoms with E-state index in [-0.39, 0.29) is 18.4 Å². The van der Waals surface area contributed by atoms with Crippen LogP contribution in [0.4, 0.5) is 5.69 Å². The Morgan fingerprint density at radius 2 is 1.68 bits per heavy atom. The van der Waals surface area contributed by atoms with Crippen LogP contribution in [-0.2, 0) is 6.54 Å². The molecule has 0 aliphatic heterocycles. The Kier molecular flexibility index (Phi) is 4.84. The van der Waals surface area contributed by atoms with Crippen LogP contribution < -0.4 is 10.6 Å². The Labute approximate surface area is 161 Å². The highest BCUT2D eigenvalue weighted by molar-refractivity contribution is 6.09. The summed E-state index contributed by atoms with van der Waals surface area (Å²) in [7, 11) is 0. The van der Waals surface area contributed by atoms with Crippen LogP contribution >= 0.6 is 0 Å². The Bertz CT molecular complexity index is 1130. The summed E-state index contributed by atoms with van der Waals surface area (Å²) in [6.45, 7) is 0.282. The molecule has 6 nitrogen and oxygen atoms in total. The van der Waals surface area contributed by atoms with E-state index in [1.54, 1.807) is 54.9 Å². The minimum Gasteiger partial charge on any atom is -0.467 e. The summed E-state index contributed by atoms with van der Waals surface area (Å²) < 4.78 is 5.20. The van der Waals surface area contributed by atoms with E-state index in [2.05, 4.69) is 15.6 Å². The third-order valence-electron chi connectivity index (χ3n) is 4.27. The third-order valence-corrected chi connectivity index (χ3v) is 4.27. The van der Waals surface area contributed by atoms with Crippen LogP contribution in [0.1, 0.15) is 26.5 Å². The maximum absolute atomic E-state index is 12.7. The highest BCUT2D eigenvalue weighted by Gasteiger charge is 2.12. The summed E-state index contributed by atoms with van der Waals surface area (Å²) in [6, 6.07) is 19.5. The fourth-order valence-corrected chi connectivity index (χ4v) is 2.88. The molecule has 0 aliphatic rings. The van der Waals surface area contributed by atoms with E-state index in [0.717, 1.165) is 5.39 Å². The molecule has 0 saturated heterocycles. The minimum atomic E-state index is -0.307. The van der Waals surface area contributed by atoms with Crippen molar-refractivity contribution in [2.45, 2.75) is 6.54 Å². The normalized spacial score (nSPS) is 10.6. The number of amides is 2. The van der Waals surface area contributed by atoms with Crippen LogP contribution in [0.3, 0.4) is 0 Å². The summed E-state index contributed by atoms with van der Waals surface area (Å²) in [5.74, 6) is 0.0717. The maximum atomic E-state index is 12.7. The summed E-state index contributed by atoms with van der Waals surface area (Å²) in [5, 5.41) is 6.58. The van der Waals surface area contributed by atoms with Crippen molar-refractivity contribution in [1.29, 1.82) is 0 Å². The Hall–Kier alpha value is -3.93. The van der Waals surface area contributed by atoms with Crippen molar-refractivity contribution in [2.24, 2.45) is 0 Å². The number of nitrogens with one attached hydrogen (secondary N) is 2. The first-order chi connectivity index (χ1) is 13.7. The molecule has 0 aliphatic carbocycles. The molecule has 0 bridgehead atoms. The summed E-state index contributed by atoms with van der Waals surface area (Å²) in [6.07, 6.45) is 3.23. The Morgan fingerprint density at radius 1 is 0.893 bits per heavy atom. The number of carbonyl (C=O) groups is 2. The van der Waals surface area contributed by atoms with Crippen molar-refractivity contribution in [3.63, 3.8) is 0 Å². The second kappa shape index (κ2) is 7.75. The molecule has 138 valence electrons. The summed E-state index contributed by atoms with van der Waals surface area (Å²) in [5.41, 5.74) is 2.12. The van der Waals surface area contributed by atoms with Crippen LogP contribution in [0.2, 0.25) is 0 Å². The number of pyridine rings is 1. The van der Waals surface area contributed by atoms with Crippen LogP contribution in [0.25, 0.3) is 10.9 Å². The molecular weight excluding hydrogens is 354 g/mol. The molecule has 0 saturated carbocycles. The van der Waals surface area contributed by atoms with Crippen molar-refractivity contribution in [3.05, 3.63) is 96.1 Å². The van der Waals surface area contributed by atoms with E-state index < -0.39 is 0 Å². The van der Waals surface area contributed by atoms with Gasteiger partial charge in [0.2, 0.25) is 0 Å². The van der Waals surface area contributed by atoms with Gasteiger partial charge in [0.1, 0.15) is 5.76 Å². The molecule has 2 amide bonds. The van der Waals surface area contributed by atoms with Crippen molar-refractivity contribution in [3.8, 4) is 0 Å². The lowest BCUT2D eigenvalue weighted by Gasteiger charge is -2.09. The van der Waals surface area contributed by atoms with E-state index >= 15 is 0 Å². The van der Waals surface area contributed by atoms with Gasteiger partial charge in [-0.25, -0.2) is 0 Å². The monoisotopic (exact) mass is 371 g/mol. The molecule has 2 aromatic carbocycles. The first-order valence-electron chi connectivity index (χ1n) is 8.76. The zero-order valence-electron chi connectivity index (χ0n) is 14.9. The average molecular weight is 371 g/mol. The number of rotatable bonds is 5. The second-order valence-electron chi connectivity index (χ2n) is 6.18. The zero-order valence-corrected chi connectivity index (χ0v) is 14.9. The molecule has 0 fully saturated rings. The lowest BCUT2D eigenvalue weighted by Crippen LogP contribution is -2.23. The fourth-order valence-electron chi connectivity index (χ4n) is 2.88. The number of carbonyl (C=O) groups excluding carboxylic acids is 2. The molecule has 4 rings (SSSR count). The van der Waals surface area contributed by atoms with Gasteiger partial charge in [-0.2, -0.15) is 0 Å². The van der Waals surface area contributed by atoms with E-state index in [0.29, 0.717) is 28.1 Å². The largest absolute Gasteiger partial charge is 0.467 e. The number of benzene rings is 2. The van der Waals surface area contributed by atoms with E-state index in [4.69, 9.17) is 4.42 Å². The minimum absolute atomic E-state index is 0.280. The number of anilines is 1. The lowest BCUT2D eigenvalue weighted by atomic mass is 10.1. The first kappa shape index (κ1) is 17.5. The number of hydrogen-bond acceptors (Lipinski definition) is 4. The Balaban J connectivity index is 1.50. The van der Waals surface area contributed by atoms with Crippen LogP contribution in [-0.4, -0.2) is 16.8 Å². The predicted octanol–water partition coefficient (Wildman–Crippen LogP) is 4.01. The molecule has 0 spiro atoms. The molecule has 0 unspecified atom stereocenters. The number of nitrogens with zero attached hydrogens (tertiary/aromatic N) is 1. The van der Waals surface area contributed by atoms with Crippen molar-refractivity contribution in [1.82, 2.24) is 10.3 Å². The van der Waals surface area contributed by atoms with Gasteiger partial charge in [-0.15, -0.1) is 0 Å². The molecule has 2 heterocycles. The number of furan rings is 1. The van der Waals surface area contributed by atoms with Gasteiger partial charge in [0, 0.05) is 22.7 Å². The van der Waals surface area contributed by atoms with Gasteiger partial charge in [-0.1, -0.05) is 24.3 Å². The number of aromatic nitrogens is 1. The summed E-state index contributed by atoms with van der Waals surface area (Å²) in [4.78, 5) is 29.4. The maximum Gasteiger partial charge on any atom is 0.255 e. The number of hydrogen-bond donors (Lipinski definition) is 2. The summed E-state index contributed by atoms with van der Waals surface area (Å²) >= 11 is 0. The van der Waals surface area contributed by atoms with Crippen LogP contribution in [0, 0.1) is 0 Å².